The number of anilines is 1. The fourth-order valence-corrected chi connectivity index (χ4v) is 4.22. The first kappa shape index (κ1) is 16.5. The van der Waals surface area contributed by atoms with Crippen molar-refractivity contribution in [3.05, 3.63) is 56.4 Å². The van der Waals surface area contributed by atoms with Gasteiger partial charge in [0.05, 0.1) is 6.54 Å². The Hall–Kier alpha value is -1.96. The van der Waals surface area contributed by atoms with Gasteiger partial charge in [-0.05, 0) is 25.1 Å². The molecule has 25 heavy (non-hydrogen) atoms. The lowest BCUT2D eigenvalue weighted by atomic mass is 10.2. The molecule has 1 aromatic carbocycles. The van der Waals surface area contributed by atoms with E-state index >= 15 is 0 Å². The third-order valence-corrected chi connectivity index (χ3v) is 5.45. The van der Waals surface area contributed by atoms with Crippen LogP contribution in [0.5, 0.6) is 0 Å². The smallest absolute Gasteiger partial charge is 0.275 e. The van der Waals surface area contributed by atoms with Gasteiger partial charge in [0.1, 0.15) is 5.01 Å². The van der Waals surface area contributed by atoms with Crippen LogP contribution in [0.15, 0.2) is 35.1 Å². The fraction of sp³-hybridized carbons (Fsp3) is 0.353. The Morgan fingerprint density at radius 1 is 1.20 bits per heavy atom. The SMILES string of the molecule is Cc1cc(=O)n2nc(CN3CCN(c4cccc(Cl)c4)CC3)sc2n1. The molecule has 0 N–H and O–H groups in total. The van der Waals surface area contributed by atoms with Crippen LogP contribution in [0.1, 0.15) is 10.7 Å². The second-order valence-corrected chi connectivity index (χ2v) is 7.65. The number of rotatable bonds is 3. The molecule has 1 saturated heterocycles. The maximum absolute atomic E-state index is 12.0. The van der Waals surface area contributed by atoms with Gasteiger partial charge in [0.2, 0.25) is 4.96 Å². The van der Waals surface area contributed by atoms with Crippen molar-refractivity contribution in [3.63, 3.8) is 0 Å². The van der Waals surface area contributed by atoms with Crippen LogP contribution in [0, 0.1) is 6.92 Å². The zero-order valence-electron chi connectivity index (χ0n) is 13.9. The third kappa shape index (κ3) is 3.53. The highest BCUT2D eigenvalue weighted by molar-refractivity contribution is 7.16. The normalized spacial score (nSPS) is 15.8. The molecule has 0 atom stereocenters. The first-order chi connectivity index (χ1) is 12.1. The van der Waals surface area contributed by atoms with E-state index in [0.29, 0.717) is 4.96 Å². The summed E-state index contributed by atoms with van der Waals surface area (Å²) in [6.07, 6.45) is 0. The summed E-state index contributed by atoms with van der Waals surface area (Å²) in [4.78, 5) is 21.7. The number of piperazine rings is 1. The van der Waals surface area contributed by atoms with Gasteiger partial charge in [0, 0.05) is 48.6 Å². The number of fused-ring (bicyclic) bond motifs is 1. The van der Waals surface area contributed by atoms with Crippen molar-refractivity contribution in [2.24, 2.45) is 0 Å². The Bertz CT molecular complexity index is 961. The third-order valence-electron chi connectivity index (χ3n) is 4.32. The van der Waals surface area contributed by atoms with Crippen LogP contribution in [0.3, 0.4) is 0 Å². The summed E-state index contributed by atoms with van der Waals surface area (Å²) in [6.45, 7) is 6.37. The van der Waals surface area contributed by atoms with Crippen molar-refractivity contribution in [3.8, 4) is 0 Å². The molecule has 1 aliphatic rings. The molecule has 0 unspecified atom stereocenters. The van der Waals surface area contributed by atoms with Gasteiger partial charge in [-0.1, -0.05) is 29.0 Å². The second-order valence-electron chi connectivity index (χ2n) is 6.17. The number of hydrogen-bond donors (Lipinski definition) is 0. The molecule has 3 heterocycles. The number of benzene rings is 1. The molecule has 130 valence electrons. The van der Waals surface area contributed by atoms with Crippen molar-refractivity contribution < 1.29 is 0 Å². The Kier molecular flexibility index (Phi) is 4.45. The monoisotopic (exact) mass is 375 g/mol. The maximum Gasteiger partial charge on any atom is 0.275 e. The lowest BCUT2D eigenvalue weighted by Gasteiger charge is -2.35. The number of nitrogens with zero attached hydrogens (tertiary/aromatic N) is 5. The Balaban J connectivity index is 1.43. The molecule has 1 fully saturated rings. The summed E-state index contributed by atoms with van der Waals surface area (Å²) >= 11 is 7.57. The van der Waals surface area contributed by atoms with Crippen LogP contribution in [0.2, 0.25) is 5.02 Å². The summed E-state index contributed by atoms with van der Waals surface area (Å²) in [5.74, 6) is 0. The Labute approximate surface area is 154 Å². The summed E-state index contributed by atoms with van der Waals surface area (Å²) in [6, 6.07) is 9.49. The molecule has 6 nitrogen and oxygen atoms in total. The number of aromatic nitrogens is 3. The van der Waals surface area contributed by atoms with Crippen LogP contribution in [-0.4, -0.2) is 45.7 Å². The van der Waals surface area contributed by atoms with E-state index in [4.69, 9.17) is 11.6 Å². The van der Waals surface area contributed by atoms with Crippen molar-refractivity contribution >= 4 is 33.6 Å². The molecule has 0 radical (unpaired) electrons. The van der Waals surface area contributed by atoms with Crippen LogP contribution in [0.4, 0.5) is 5.69 Å². The van der Waals surface area contributed by atoms with E-state index in [1.54, 1.807) is 0 Å². The van der Waals surface area contributed by atoms with Crippen molar-refractivity contribution in [2.45, 2.75) is 13.5 Å². The highest BCUT2D eigenvalue weighted by Gasteiger charge is 2.19. The van der Waals surface area contributed by atoms with Crippen LogP contribution < -0.4 is 10.5 Å². The standard InChI is InChI=1S/C17H18ClN5OS/c1-12-9-16(24)23-17(19-12)25-15(20-23)11-21-5-7-22(8-6-21)14-4-2-3-13(18)10-14/h2-4,9-10H,5-8,11H2,1H3. The predicted octanol–water partition coefficient (Wildman–Crippen LogP) is 2.44. The summed E-state index contributed by atoms with van der Waals surface area (Å²) in [5.41, 5.74) is 1.78. The van der Waals surface area contributed by atoms with Crippen molar-refractivity contribution in [1.29, 1.82) is 0 Å². The molecular weight excluding hydrogens is 358 g/mol. The van der Waals surface area contributed by atoms with E-state index in [0.717, 1.165) is 48.4 Å². The zero-order chi connectivity index (χ0) is 17.4. The molecule has 0 amide bonds. The Morgan fingerprint density at radius 3 is 2.76 bits per heavy atom. The molecule has 8 heteroatoms. The minimum Gasteiger partial charge on any atom is -0.369 e. The summed E-state index contributed by atoms with van der Waals surface area (Å²) < 4.78 is 1.40. The largest absolute Gasteiger partial charge is 0.369 e. The molecular formula is C17H18ClN5OS. The van der Waals surface area contributed by atoms with E-state index in [9.17, 15) is 4.79 Å². The molecule has 1 aliphatic heterocycles. The van der Waals surface area contributed by atoms with E-state index < -0.39 is 0 Å². The van der Waals surface area contributed by atoms with Crippen LogP contribution in [-0.2, 0) is 6.54 Å². The number of halogens is 1. The maximum atomic E-state index is 12.0. The average molecular weight is 376 g/mol. The minimum atomic E-state index is -0.115. The number of hydrogen-bond acceptors (Lipinski definition) is 6. The molecule has 4 rings (SSSR count). The van der Waals surface area contributed by atoms with Gasteiger partial charge in [0.15, 0.2) is 0 Å². The molecule has 0 saturated carbocycles. The van der Waals surface area contributed by atoms with E-state index in [2.05, 4.69) is 25.9 Å². The fourth-order valence-electron chi connectivity index (χ4n) is 3.05. The van der Waals surface area contributed by atoms with E-state index in [-0.39, 0.29) is 5.56 Å². The highest BCUT2D eigenvalue weighted by atomic mass is 35.5. The second kappa shape index (κ2) is 6.74. The first-order valence-electron chi connectivity index (χ1n) is 8.18. The van der Waals surface area contributed by atoms with Gasteiger partial charge >= 0.3 is 0 Å². The molecule has 2 aromatic heterocycles. The van der Waals surface area contributed by atoms with Gasteiger partial charge in [-0.3, -0.25) is 9.69 Å². The van der Waals surface area contributed by atoms with E-state index in [1.165, 1.54) is 27.6 Å². The van der Waals surface area contributed by atoms with Crippen molar-refractivity contribution in [1.82, 2.24) is 19.5 Å². The van der Waals surface area contributed by atoms with Gasteiger partial charge in [-0.15, -0.1) is 0 Å². The van der Waals surface area contributed by atoms with Gasteiger partial charge in [-0.25, -0.2) is 4.98 Å². The van der Waals surface area contributed by atoms with Gasteiger partial charge in [-0.2, -0.15) is 9.61 Å². The quantitative estimate of drug-likeness (QED) is 0.703. The lowest BCUT2D eigenvalue weighted by Crippen LogP contribution is -2.46. The minimum absolute atomic E-state index is 0.115. The first-order valence-corrected chi connectivity index (χ1v) is 9.37. The molecule has 0 spiro atoms. The molecule has 3 aromatic rings. The predicted molar refractivity (Wildman–Crippen MR) is 101 cm³/mol. The van der Waals surface area contributed by atoms with Crippen molar-refractivity contribution in [2.75, 3.05) is 31.1 Å². The van der Waals surface area contributed by atoms with E-state index in [1.807, 2.05) is 25.1 Å². The lowest BCUT2D eigenvalue weighted by molar-refractivity contribution is 0.249. The summed E-state index contributed by atoms with van der Waals surface area (Å²) in [5, 5.41) is 6.11. The van der Waals surface area contributed by atoms with Gasteiger partial charge in [0.25, 0.3) is 5.56 Å². The molecule has 0 bridgehead atoms. The molecule has 0 aliphatic carbocycles. The topological polar surface area (TPSA) is 53.7 Å². The summed E-state index contributed by atoms with van der Waals surface area (Å²) in [7, 11) is 0. The Morgan fingerprint density at radius 2 is 2.00 bits per heavy atom. The highest BCUT2D eigenvalue weighted by Crippen LogP contribution is 2.21. The zero-order valence-corrected chi connectivity index (χ0v) is 15.4. The van der Waals surface area contributed by atoms with Gasteiger partial charge < -0.3 is 4.90 Å². The van der Waals surface area contributed by atoms with Crippen LogP contribution >= 0.6 is 22.9 Å². The number of aryl methyl sites for hydroxylation is 1. The van der Waals surface area contributed by atoms with Crippen LogP contribution in [0.25, 0.3) is 4.96 Å². The average Bonchev–Trinajstić information content (AvgIpc) is 2.98.